The van der Waals surface area contributed by atoms with Crippen molar-refractivity contribution in [2.45, 2.75) is 57.2 Å². The van der Waals surface area contributed by atoms with Crippen molar-refractivity contribution in [1.82, 2.24) is 0 Å². The molecule has 1 N–H and O–H groups in total. The molecule has 1 aliphatic heterocycles. The first-order valence-electron chi connectivity index (χ1n) is 9.51. The highest BCUT2D eigenvalue weighted by Gasteiger charge is 2.83. The molecule has 0 aromatic rings. The molecule has 4 saturated carbocycles. The molecule has 5 rings (SSSR count). The van der Waals surface area contributed by atoms with E-state index in [0.717, 1.165) is 44.1 Å². The highest BCUT2D eigenvalue weighted by atomic mass is 16.6. The Kier molecular flexibility index (Phi) is 2.84. The summed E-state index contributed by atoms with van der Waals surface area (Å²) in [6.45, 7) is 6.11. The minimum absolute atomic E-state index is 0.0191. The molecule has 0 radical (unpaired) electrons. The fourth-order valence-electron chi connectivity index (χ4n) is 7.83. The van der Waals surface area contributed by atoms with Crippen molar-refractivity contribution in [2.75, 3.05) is 7.11 Å². The molecule has 0 unspecified atom stereocenters. The predicted molar refractivity (Wildman–Crippen MR) is 88.2 cm³/mol. The van der Waals surface area contributed by atoms with Gasteiger partial charge in [0.15, 0.2) is 0 Å². The zero-order valence-electron chi connectivity index (χ0n) is 14.9. The standard InChI is InChI=1S/C20H26O5/c1-10-11-5-6-12-19(9-11,15(10)21)13(16(22)24-3)14-18(2)7-4-8-20(12,14)25-17(18)23/h11-15,21H,1,4-9H2,2-3H3/t11-,12-,13-,14-,15+,18+,19-,20-/m1/s1. The van der Waals surface area contributed by atoms with Gasteiger partial charge < -0.3 is 14.6 Å². The van der Waals surface area contributed by atoms with Crippen LogP contribution in [0.1, 0.15) is 45.4 Å². The normalized spacial score (nSPS) is 55.6. The number of carbonyl (C=O) groups is 2. The van der Waals surface area contributed by atoms with Crippen molar-refractivity contribution >= 4 is 11.9 Å². The van der Waals surface area contributed by atoms with Gasteiger partial charge in [-0.25, -0.2) is 0 Å². The predicted octanol–water partition coefficient (Wildman–Crippen LogP) is 2.22. The molecule has 1 spiro atoms. The summed E-state index contributed by atoms with van der Waals surface area (Å²) in [6.07, 6.45) is 4.37. The van der Waals surface area contributed by atoms with Crippen LogP contribution in [0.2, 0.25) is 0 Å². The number of aliphatic hydroxyl groups excluding tert-OH is 1. The minimum atomic E-state index is -0.711. The van der Waals surface area contributed by atoms with Gasteiger partial charge in [0, 0.05) is 17.3 Å². The third-order valence-electron chi connectivity index (χ3n) is 8.62. The molecule has 5 aliphatic rings. The fraction of sp³-hybridized carbons (Fsp3) is 0.800. The van der Waals surface area contributed by atoms with Crippen molar-refractivity contribution in [1.29, 1.82) is 0 Å². The topological polar surface area (TPSA) is 72.8 Å². The number of methoxy groups -OCH3 is 1. The largest absolute Gasteiger partial charge is 0.469 e. The number of fused-ring (bicyclic) bond motifs is 1. The lowest BCUT2D eigenvalue weighted by Gasteiger charge is -2.44. The van der Waals surface area contributed by atoms with Crippen molar-refractivity contribution in [3.63, 3.8) is 0 Å². The second-order valence-corrected chi connectivity index (χ2v) is 9.21. The minimum Gasteiger partial charge on any atom is -0.469 e. The van der Waals surface area contributed by atoms with Gasteiger partial charge in [0.25, 0.3) is 0 Å². The van der Waals surface area contributed by atoms with Gasteiger partial charge in [0.05, 0.1) is 24.5 Å². The number of hydrogen-bond donors (Lipinski definition) is 1. The Morgan fingerprint density at radius 3 is 2.84 bits per heavy atom. The van der Waals surface area contributed by atoms with E-state index in [4.69, 9.17) is 9.47 Å². The van der Waals surface area contributed by atoms with Gasteiger partial charge >= 0.3 is 11.9 Å². The maximum Gasteiger partial charge on any atom is 0.312 e. The Labute approximate surface area is 147 Å². The quantitative estimate of drug-likeness (QED) is 0.582. The molecule has 8 atom stereocenters. The van der Waals surface area contributed by atoms with Crippen LogP contribution in [0.15, 0.2) is 12.2 Å². The number of rotatable bonds is 1. The van der Waals surface area contributed by atoms with Crippen LogP contribution in [-0.2, 0) is 19.1 Å². The maximum atomic E-state index is 13.0. The molecule has 0 amide bonds. The summed E-state index contributed by atoms with van der Waals surface area (Å²) in [7, 11) is 1.41. The van der Waals surface area contributed by atoms with Crippen molar-refractivity contribution < 1.29 is 24.2 Å². The Balaban J connectivity index is 1.77. The first-order valence-corrected chi connectivity index (χ1v) is 9.51. The van der Waals surface area contributed by atoms with Crippen LogP contribution in [0.5, 0.6) is 0 Å². The summed E-state index contributed by atoms with van der Waals surface area (Å²) >= 11 is 0. The van der Waals surface area contributed by atoms with Crippen LogP contribution in [0.4, 0.5) is 0 Å². The molecule has 5 heteroatoms. The van der Waals surface area contributed by atoms with Gasteiger partial charge in [-0.2, -0.15) is 0 Å². The Hall–Kier alpha value is -1.36. The molecule has 1 saturated heterocycles. The highest BCUT2D eigenvalue weighted by molar-refractivity contribution is 5.85. The average Bonchev–Trinajstić information content (AvgIpc) is 3.01. The lowest BCUT2D eigenvalue weighted by Crippen LogP contribution is -2.48. The summed E-state index contributed by atoms with van der Waals surface area (Å²) in [4.78, 5) is 25.8. The van der Waals surface area contributed by atoms with E-state index in [-0.39, 0.29) is 29.7 Å². The highest BCUT2D eigenvalue weighted by Crippen LogP contribution is 2.77. The van der Waals surface area contributed by atoms with Gasteiger partial charge in [-0.3, -0.25) is 9.59 Å². The average molecular weight is 346 g/mol. The van der Waals surface area contributed by atoms with Gasteiger partial charge in [0.1, 0.15) is 5.60 Å². The van der Waals surface area contributed by atoms with Gasteiger partial charge in [-0.05, 0) is 56.9 Å². The van der Waals surface area contributed by atoms with E-state index in [2.05, 4.69) is 6.58 Å². The van der Waals surface area contributed by atoms with Crippen LogP contribution in [0.3, 0.4) is 0 Å². The monoisotopic (exact) mass is 346 g/mol. The van der Waals surface area contributed by atoms with Crippen molar-refractivity contribution in [2.24, 2.45) is 34.5 Å². The number of esters is 2. The van der Waals surface area contributed by atoms with Gasteiger partial charge in [0.2, 0.25) is 0 Å². The summed E-state index contributed by atoms with van der Waals surface area (Å²) in [5, 5.41) is 11.2. The summed E-state index contributed by atoms with van der Waals surface area (Å²) < 4.78 is 11.4. The molecule has 25 heavy (non-hydrogen) atoms. The number of ether oxygens (including phenoxy) is 2. The van der Waals surface area contributed by atoms with E-state index < -0.39 is 28.5 Å². The SMILES string of the molecule is C=C1[C@@H]2CC[C@H]3[C@@]45CCC[C@](C)(C(=O)O4)[C@H]5[C@H](C(=O)OC)[C@]3(C2)[C@H]1O. The lowest BCUT2D eigenvalue weighted by atomic mass is 9.60. The molecule has 0 aromatic heterocycles. The molecular formula is C20H26O5. The molecule has 0 aromatic carbocycles. The van der Waals surface area contributed by atoms with E-state index in [9.17, 15) is 14.7 Å². The van der Waals surface area contributed by atoms with E-state index in [1.54, 1.807) is 0 Å². The Morgan fingerprint density at radius 1 is 1.36 bits per heavy atom. The second kappa shape index (κ2) is 4.48. The van der Waals surface area contributed by atoms with Crippen LogP contribution in [0.25, 0.3) is 0 Å². The van der Waals surface area contributed by atoms with Crippen LogP contribution in [-0.4, -0.2) is 35.9 Å². The van der Waals surface area contributed by atoms with Crippen molar-refractivity contribution in [3.8, 4) is 0 Å². The van der Waals surface area contributed by atoms with Crippen LogP contribution < -0.4 is 0 Å². The lowest BCUT2D eigenvalue weighted by molar-refractivity contribution is -0.165. The molecule has 1 heterocycles. The van der Waals surface area contributed by atoms with E-state index in [1.165, 1.54) is 7.11 Å². The van der Waals surface area contributed by atoms with Crippen LogP contribution in [0, 0.1) is 34.5 Å². The zero-order valence-corrected chi connectivity index (χ0v) is 14.9. The zero-order chi connectivity index (χ0) is 17.8. The second-order valence-electron chi connectivity index (χ2n) is 9.21. The molecule has 136 valence electrons. The van der Waals surface area contributed by atoms with Crippen molar-refractivity contribution in [3.05, 3.63) is 12.2 Å². The maximum absolute atomic E-state index is 13.0. The van der Waals surface area contributed by atoms with Gasteiger partial charge in [-0.15, -0.1) is 0 Å². The molecule has 5 fully saturated rings. The fourth-order valence-corrected chi connectivity index (χ4v) is 7.83. The number of carbonyl (C=O) groups excluding carboxylic acids is 2. The van der Waals surface area contributed by atoms with Gasteiger partial charge in [-0.1, -0.05) is 6.58 Å². The number of aliphatic hydroxyl groups is 1. The summed E-state index contributed by atoms with van der Waals surface area (Å²) in [6, 6.07) is 0. The molecular weight excluding hydrogens is 320 g/mol. The molecule has 5 nitrogen and oxygen atoms in total. The molecule has 4 aliphatic carbocycles. The summed E-state index contributed by atoms with van der Waals surface area (Å²) in [5.74, 6) is -0.859. The Bertz CT molecular complexity index is 700. The third kappa shape index (κ3) is 1.45. The van der Waals surface area contributed by atoms with E-state index in [1.807, 2.05) is 6.92 Å². The van der Waals surface area contributed by atoms with E-state index >= 15 is 0 Å². The smallest absolute Gasteiger partial charge is 0.312 e. The van der Waals surface area contributed by atoms with Crippen LogP contribution >= 0.6 is 0 Å². The number of hydrogen-bond acceptors (Lipinski definition) is 5. The first kappa shape index (κ1) is 15.9. The van der Waals surface area contributed by atoms with E-state index in [0.29, 0.717) is 0 Å². The Morgan fingerprint density at radius 2 is 2.12 bits per heavy atom. The third-order valence-corrected chi connectivity index (χ3v) is 8.62. The summed E-state index contributed by atoms with van der Waals surface area (Å²) in [5.41, 5.74) is -0.981. The first-order chi connectivity index (χ1) is 11.8. The molecule has 4 bridgehead atoms.